The van der Waals surface area contributed by atoms with E-state index in [2.05, 4.69) is 24.3 Å². The third-order valence-electron chi connectivity index (χ3n) is 4.43. The van der Waals surface area contributed by atoms with Crippen LogP contribution in [0, 0.1) is 11.8 Å². The van der Waals surface area contributed by atoms with E-state index in [1.807, 2.05) is 17.9 Å². The summed E-state index contributed by atoms with van der Waals surface area (Å²) in [5, 5.41) is 7.88. The van der Waals surface area contributed by atoms with Gasteiger partial charge in [0.1, 0.15) is 0 Å². The Balaban J connectivity index is 2.23. The molecule has 4 heteroatoms. The molecule has 1 saturated carbocycles. The number of hydrogen-bond acceptors (Lipinski definition) is 3. The number of nitrogens with one attached hydrogen (secondary N) is 1. The molecule has 1 heterocycles. The number of aromatic nitrogens is 2. The summed E-state index contributed by atoms with van der Waals surface area (Å²) in [6.45, 7) is 6.67. The molecule has 3 unspecified atom stereocenters. The molecule has 19 heavy (non-hydrogen) atoms. The maximum atomic E-state index is 5.50. The summed E-state index contributed by atoms with van der Waals surface area (Å²) in [6, 6.07) is 0. The largest absolute Gasteiger partial charge is 0.493 e. The first-order valence-corrected chi connectivity index (χ1v) is 7.43. The van der Waals surface area contributed by atoms with E-state index in [9.17, 15) is 0 Å². The summed E-state index contributed by atoms with van der Waals surface area (Å²) < 4.78 is 7.50. The third kappa shape index (κ3) is 3.11. The number of hydrogen-bond donors (Lipinski definition) is 1. The van der Waals surface area contributed by atoms with Crippen molar-refractivity contribution in [1.82, 2.24) is 15.1 Å². The Kier molecular flexibility index (Phi) is 4.86. The van der Waals surface area contributed by atoms with Crippen LogP contribution < -0.4 is 10.1 Å². The van der Waals surface area contributed by atoms with Gasteiger partial charge in [-0.25, -0.2) is 0 Å². The Morgan fingerprint density at radius 2 is 2.26 bits per heavy atom. The molecule has 0 bridgehead atoms. The van der Waals surface area contributed by atoms with E-state index in [0.29, 0.717) is 11.8 Å². The molecule has 1 N–H and O–H groups in total. The third-order valence-corrected chi connectivity index (χ3v) is 4.43. The van der Waals surface area contributed by atoms with E-state index < -0.39 is 0 Å². The lowest BCUT2D eigenvalue weighted by molar-refractivity contribution is 0.230. The van der Waals surface area contributed by atoms with Crippen LogP contribution in [0.3, 0.4) is 0 Å². The van der Waals surface area contributed by atoms with Crippen molar-refractivity contribution in [3.8, 4) is 5.75 Å². The van der Waals surface area contributed by atoms with E-state index >= 15 is 0 Å². The van der Waals surface area contributed by atoms with Crippen molar-refractivity contribution in [2.24, 2.45) is 18.9 Å². The van der Waals surface area contributed by atoms with Crippen LogP contribution in [0.2, 0.25) is 0 Å². The first kappa shape index (κ1) is 14.4. The van der Waals surface area contributed by atoms with Crippen molar-refractivity contribution < 1.29 is 4.74 Å². The van der Waals surface area contributed by atoms with Gasteiger partial charge in [0, 0.05) is 13.0 Å². The Morgan fingerprint density at radius 1 is 1.47 bits per heavy atom. The predicted molar refractivity (Wildman–Crippen MR) is 77.5 cm³/mol. The van der Waals surface area contributed by atoms with Gasteiger partial charge in [-0.2, -0.15) is 5.10 Å². The summed E-state index contributed by atoms with van der Waals surface area (Å²) in [4.78, 5) is 0. The maximum Gasteiger partial charge on any atom is 0.160 e. The molecule has 1 aliphatic rings. The summed E-state index contributed by atoms with van der Waals surface area (Å²) >= 11 is 0. The topological polar surface area (TPSA) is 39.1 Å². The average molecular weight is 265 g/mol. The highest BCUT2D eigenvalue weighted by Crippen LogP contribution is 2.43. The quantitative estimate of drug-likeness (QED) is 0.889. The Hall–Kier alpha value is -1.03. The van der Waals surface area contributed by atoms with Crippen LogP contribution in [0.15, 0.2) is 6.20 Å². The highest BCUT2D eigenvalue weighted by atomic mass is 16.5. The van der Waals surface area contributed by atoms with Crippen molar-refractivity contribution >= 4 is 0 Å². The fourth-order valence-corrected chi connectivity index (χ4v) is 3.36. The molecular weight excluding hydrogens is 238 g/mol. The van der Waals surface area contributed by atoms with Crippen molar-refractivity contribution in [1.29, 1.82) is 0 Å². The molecule has 1 aromatic heterocycles. The molecule has 1 aliphatic carbocycles. The standard InChI is InChI=1S/C15H27N3O/c1-5-16-9-12-7-6-11(2)8-13(12)15-14(19-4)10-17-18(15)3/h10-13,16H,5-9H2,1-4H3. The van der Waals surface area contributed by atoms with Crippen LogP contribution in [0.4, 0.5) is 0 Å². The highest BCUT2D eigenvalue weighted by Gasteiger charge is 2.33. The summed E-state index contributed by atoms with van der Waals surface area (Å²) in [6.07, 6.45) is 5.73. The van der Waals surface area contributed by atoms with Crippen LogP contribution >= 0.6 is 0 Å². The van der Waals surface area contributed by atoms with E-state index in [1.54, 1.807) is 7.11 Å². The first-order valence-electron chi connectivity index (χ1n) is 7.43. The maximum absolute atomic E-state index is 5.50. The van der Waals surface area contributed by atoms with Gasteiger partial charge in [-0.05, 0) is 37.8 Å². The van der Waals surface area contributed by atoms with Crippen molar-refractivity contribution in [2.75, 3.05) is 20.2 Å². The van der Waals surface area contributed by atoms with Gasteiger partial charge in [-0.15, -0.1) is 0 Å². The number of methoxy groups -OCH3 is 1. The van der Waals surface area contributed by atoms with Gasteiger partial charge in [0.05, 0.1) is 19.0 Å². The molecule has 0 aromatic carbocycles. The second kappa shape index (κ2) is 6.42. The minimum Gasteiger partial charge on any atom is -0.493 e. The van der Waals surface area contributed by atoms with E-state index in [0.717, 1.165) is 24.8 Å². The van der Waals surface area contributed by atoms with E-state index in [-0.39, 0.29) is 0 Å². The molecule has 2 rings (SSSR count). The summed E-state index contributed by atoms with van der Waals surface area (Å²) in [7, 11) is 3.77. The van der Waals surface area contributed by atoms with Crippen LogP contribution in [0.25, 0.3) is 0 Å². The van der Waals surface area contributed by atoms with Gasteiger partial charge in [-0.3, -0.25) is 4.68 Å². The van der Waals surface area contributed by atoms with Crippen LogP contribution in [0.1, 0.15) is 44.7 Å². The molecule has 1 fully saturated rings. The normalized spacial score (nSPS) is 27.5. The Labute approximate surface area is 116 Å². The molecule has 1 aromatic rings. The van der Waals surface area contributed by atoms with Crippen LogP contribution in [0.5, 0.6) is 5.75 Å². The van der Waals surface area contributed by atoms with Gasteiger partial charge in [0.15, 0.2) is 5.75 Å². The molecule has 3 atom stereocenters. The molecule has 4 nitrogen and oxygen atoms in total. The van der Waals surface area contributed by atoms with E-state index in [1.165, 1.54) is 25.0 Å². The molecule has 0 amide bonds. The molecule has 0 aliphatic heterocycles. The molecule has 0 radical (unpaired) electrons. The Bertz CT molecular complexity index is 400. The minimum atomic E-state index is 0.560. The SMILES string of the molecule is CCNCC1CCC(C)CC1c1c(OC)cnn1C. The van der Waals surface area contributed by atoms with Crippen molar-refractivity contribution in [2.45, 2.75) is 39.0 Å². The van der Waals surface area contributed by atoms with Crippen molar-refractivity contribution in [3.05, 3.63) is 11.9 Å². The van der Waals surface area contributed by atoms with Crippen LogP contribution in [-0.4, -0.2) is 30.0 Å². The van der Waals surface area contributed by atoms with Crippen LogP contribution in [-0.2, 0) is 7.05 Å². The second-order valence-corrected chi connectivity index (χ2v) is 5.81. The monoisotopic (exact) mass is 265 g/mol. The molecule has 0 spiro atoms. The zero-order valence-corrected chi connectivity index (χ0v) is 12.6. The summed E-state index contributed by atoms with van der Waals surface area (Å²) in [5.41, 5.74) is 1.27. The van der Waals surface area contributed by atoms with Crippen molar-refractivity contribution in [3.63, 3.8) is 0 Å². The fourth-order valence-electron chi connectivity index (χ4n) is 3.36. The molecule has 108 valence electrons. The lowest BCUT2D eigenvalue weighted by atomic mass is 9.73. The smallest absolute Gasteiger partial charge is 0.160 e. The lowest BCUT2D eigenvalue weighted by Crippen LogP contribution is -2.32. The van der Waals surface area contributed by atoms with Gasteiger partial charge in [-0.1, -0.05) is 20.3 Å². The lowest BCUT2D eigenvalue weighted by Gasteiger charge is -2.35. The van der Waals surface area contributed by atoms with Gasteiger partial charge in [0.2, 0.25) is 0 Å². The highest BCUT2D eigenvalue weighted by molar-refractivity contribution is 5.29. The predicted octanol–water partition coefficient (Wildman–Crippen LogP) is 2.56. The second-order valence-electron chi connectivity index (χ2n) is 5.81. The molecular formula is C15H27N3O. The minimum absolute atomic E-state index is 0.560. The average Bonchev–Trinajstić information content (AvgIpc) is 2.78. The zero-order valence-electron chi connectivity index (χ0n) is 12.6. The Morgan fingerprint density at radius 3 is 2.95 bits per heavy atom. The number of rotatable bonds is 5. The van der Waals surface area contributed by atoms with E-state index in [4.69, 9.17) is 4.74 Å². The molecule has 0 saturated heterocycles. The number of aryl methyl sites for hydroxylation is 1. The van der Waals surface area contributed by atoms with Gasteiger partial charge < -0.3 is 10.1 Å². The summed E-state index contributed by atoms with van der Waals surface area (Å²) in [5.74, 6) is 3.00. The fraction of sp³-hybridized carbons (Fsp3) is 0.800. The first-order chi connectivity index (χ1) is 9.17. The van der Waals surface area contributed by atoms with Gasteiger partial charge >= 0.3 is 0 Å². The number of nitrogens with zero attached hydrogens (tertiary/aromatic N) is 2. The van der Waals surface area contributed by atoms with Gasteiger partial charge in [0.25, 0.3) is 0 Å². The zero-order chi connectivity index (χ0) is 13.8. The number of ether oxygens (including phenoxy) is 1.